The van der Waals surface area contributed by atoms with Gasteiger partial charge in [0.25, 0.3) is 0 Å². The third-order valence-corrected chi connectivity index (χ3v) is 6.31. The van der Waals surface area contributed by atoms with E-state index in [0.717, 1.165) is 29.5 Å². The lowest BCUT2D eigenvalue weighted by atomic mass is 9.93. The molecule has 0 radical (unpaired) electrons. The first-order valence-corrected chi connectivity index (χ1v) is 8.19. The maximum atomic E-state index is 5.42. The highest BCUT2D eigenvalue weighted by atomic mass is 16.5. The van der Waals surface area contributed by atoms with Crippen LogP contribution in [-0.2, 0) is 6.42 Å². The van der Waals surface area contributed by atoms with E-state index in [4.69, 9.17) is 4.74 Å². The number of aromatic amines is 1. The highest BCUT2D eigenvalue weighted by Gasteiger charge is 2.52. The molecule has 1 aliphatic carbocycles. The van der Waals surface area contributed by atoms with E-state index in [0.29, 0.717) is 0 Å². The third-order valence-electron chi connectivity index (χ3n) is 6.31. The van der Waals surface area contributed by atoms with Gasteiger partial charge in [-0.25, -0.2) is 0 Å². The van der Waals surface area contributed by atoms with Crippen LogP contribution in [0.5, 0.6) is 5.75 Å². The molecule has 4 unspecified atom stereocenters. The Bertz CT molecular complexity index is 719. The summed E-state index contributed by atoms with van der Waals surface area (Å²) in [5.74, 6) is 3.46. The zero-order chi connectivity index (χ0) is 14.1. The number of aromatic nitrogens is 1. The third kappa shape index (κ3) is 1.48. The Morgan fingerprint density at radius 2 is 2.24 bits per heavy atom. The summed E-state index contributed by atoms with van der Waals surface area (Å²) in [7, 11) is 1.75. The van der Waals surface area contributed by atoms with Gasteiger partial charge in [0.1, 0.15) is 5.75 Å². The largest absolute Gasteiger partial charge is 0.497 e. The molecule has 0 spiro atoms. The maximum Gasteiger partial charge on any atom is 0.119 e. The number of hydrogen-bond acceptors (Lipinski definition) is 2. The van der Waals surface area contributed by atoms with E-state index in [1.54, 1.807) is 12.7 Å². The standard InChI is InChI=1S/C18H22N2O/c1-10-11-7-15-17-13(5-6-20(9-11)18(10)15)14-8-12(21-2)3-4-16(14)19-17/h3-4,8,10-11,15,18-19H,5-7,9H2,1-2H3. The molecule has 2 fully saturated rings. The number of benzene rings is 1. The molecular weight excluding hydrogens is 260 g/mol. The number of ether oxygens (including phenoxy) is 1. The van der Waals surface area contributed by atoms with E-state index >= 15 is 0 Å². The van der Waals surface area contributed by atoms with Gasteiger partial charge in [0.15, 0.2) is 0 Å². The highest BCUT2D eigenvalue weighted by Crippen LogP contribution is 2.53. The second-order valence-electron chi connectivity index (χ2n) is 7.13. The first-order valence-electron chi connectivity index (χ1n) is 8.19. The quantitative estimate of drug-likeness (QED) is 0.870. The van der Waals surface area contributed by atoms with Gasteiger partial charge >= 0.3 is 0 Å². The fourth-order valence-corrected chi connectivity index (χ4v) is 5.32. The molecule has 1 aromatic heterocycles. The van der Waals surface area contributed by atoms with Crippen LogP contribution in [0, 0.1) is 11.8 Å². The summed E-state index contributed by atoms with van der Waals surface area (Å²) >= 11 is 0. The summed E-state index contributed by atoms with van der Waals surface area (Å²) in [5.41, 5.74) is 4.36. The number of methoxy groups -OCH3 is 1. The van der Waals surface area contributed by atoms with E-state index < -0.39 is 0 Å². The molecule has 5 rings (SSSR count). The van der Waals surface area contributed by atoms with Gasteiger partial charge in [-0.2, -0.15) is 0 Å². The van der Waals surface area contributed by atoms with E-state index in [1.165, 1.54) is 42.5 Å². The van der Waals surface area contributed by atoms with Crippen LogP contribution in [0.3, 0.4) is 0 Å². The molecular formula is C18H22N2O. The van der Waals surface area contributed by atoms with Crippen molar-refractivity contribution in [3.05, 3.63) is 29.5 Å². The molecule has 3 heteroatoms. The summed E-state index contributed by atoms with van der Waals surface area (Å²) in [6.07, 6.45) is 2.55. The molecule has 1 N–H and O–H groups in total. The van der Waals surface area contributed by atoms with Crippen LogP contribution >= 0.6 is 0 Å². The van der Waals surface area contributed by atoms with E-state index in [1.807, 2.05) is 0 Å². The van der Waals surface area contributed by atoms with Gasteiger partial charge in [0.05, 0.1) is 7.11 Å². The topological polar surface area (TPSA) is 28.3 Å². The van der Waals surface area contributed by atoms with Crippen LogP contribution in [-0.4, -0.2) is 36.1 Å². The smallest absolute Gasteiger partial charge is 0.119 e. The Hall–Kier alpha value is -1.48. The van der Waals surface area contributed by atoms with Crippen LogP contribution in [0.1, 0.15) is 30.5 Å². The Morgan fingerprint density at radius 1 is 1.33 bits per heavy atom. The van der Waals surface area contributed by atoms with Gasteiger partial charge in [0.2, 0.25) is 0 Å². The predicted molar refractivity (Wildman–Crippen MR) is 83.9 cm³/mol. The monoisotopic (exact) mass is 282 g/mol. The molecule has 21 heavy (non-hydrogen) atoms. The Balaban J connectivity index is 1.70. The molecule has 3 nitrogen and oxygen atoms in total. The Kier molecular flexibility index (Phi) is 2.33. The van der Waals surface area contributed by atoms with Gasteiger partial charge in [0, 0.05) is 41.6 Å². The number of fused-ring (bicyclic) bond motifs is 5. The zero-order valence-corrected chi connectivity index (χ0v) is 12.7. The van der Waals surface area contributed by atoms with Gasteiger partial charge in [-0.3, -0.25) is 4.90 Å². The Labute approximate surface area is 125 Å². The second kappa shape index (κ2) is 4.04. The van der Waals surface area contributed by atoms with Crippen molar-refractivity contribution >= 4 is 10.9 Å². The number of nitrogens with zero attached hydrogens (tertiary/aromatic N) is 1. The predicted octanol–water partition coefficient (Wildman–Crippen LogP) is 3.16. The van der Waals surface area contributed by atoms with Crippen molar-refractivity contribution in [2.45, 2.75) is 31.7 Å². The minimum atomic E-state index is 0.717. The van der Waals surface area contributed by atoms with E-state index in [2.05, 4.69) is 35.0 Å². The fraction of sp³-hybridized carbons (Fsp3) is 0.556. The maximum absolute atomic E-state index is 5.42. The lowest BCUT2D eigenvalue weighted by Gasteiger charge is -2.30. The Morgan fingerprint density at radius 3 is 3.05 bits per heavy atom. The van der Waals surface area contributed by atoms with Gasteiger partial charge in [-0.15, -0.1) is 0 Å². The molecule has 2 aliphatic heterocycles. The van der Waals surface area contributed by atoms with E-state index in [9.17, 15) is 0 Å². The number of hydrogen-bond donors (Lipinski definition) is 1. The summed E-state index contributed by atoms with van der Waals surface area (Å²) in [6, 6.07) is 7.22. The number of rotatable bonds is 1. The van der Waals surface area contributed by atoms with Crippen LogP contribution in [0.4, 0.5) is 0 Å². The zero-order valence-electron chi connectivity index (χ0n) is 12.7. The van der Waals surface area contributed by atoms with Crippen molar-refractivity contribution < 1.29 is 4.74 Å². The van der Waals surface area contributed by atoms with Crippen LogP contribution in [0.25, 0.3) is 10.9 Å². The highest BCUT2D eigenvalue weighted by molar-refractivity contribution is 5.86. The minimum absolute atomic E-state index is 0.717. The molecule has 1 saturated heterocycles. The molecule has 2 bridgehead atoms. The van der Waals surface area contributed by atoms with E-state index in [-0.39, 0.29) is 0 Å². The normalized spacial score (nSPS) is 34.2. The molecule has 3 heterocycles. The number of H-pyrrole nitrogens is 1. The van der Waals surface area contributed by atoms with Crippen LogP contribution in [0.15, 0.2) is 18.2 Å². The van der Waals surface area contributed by atoms with Gasteiger partial charge in [-0.1, -0.05) is 6.92 Å². The molecule has 2 aromatic rings. The first kappa shape index (κ1) is 12.1. The number of nitrogens with one attached hydrogen (secondary N) is 1. The molecule has 3 aliphatic rings. The SMILES string of the molecule is COc1ccc2[nH]c3c(c2c1)CCN1CC2CC3C1C2C. The molecule has 4 atom stereocenters. The van der Waals surface area contributed by atoms with Crippen molar-refractivity contribution in [2.24, 2.45) is 11.8 Å². The van der Waals surface area contributed by atoms with Gasteiger partial charge in [-0.05, 0) is 48.4 Å². The molecule has 1 saturated carbocycles. The summed E-state index contributed by atoms with van der Waals surface area (Å²) in [5, 5.41) is 1.38. The van der Waals surface area contributed by atoms with Crippen molar-refractivity contribution in [3.63, 3.8) is 0 Å². The second-order valence-corrected chi connectivity index (χ2v) is 7.13. The van der Waals surface area contributed by atoms with Crippen LogP contribution < -0.4 is 4.74 Å². The minimum Gasteiger partial charge on any atom is -0.497 e. The number of piperidine rings is 1. The molecule has 1 aromatic carbocycles. The van der Waals surface area contributed by atoms with Gasteiger partial charge < -0.3 is 9.72 Å². The molecule has 0 amide bonds. The van der Waals surface area contributed by atoms with Crippen LogP contribution in [0.2, 0.25) is 0 Å². The van der Waals surface area contributed by atoms with Crippen molar-refractivity contribution in [3.8, 4) is 5.75 Å². The lowest BCUT2D eigenvalue weighted by molar-refractivity contribution is 0.195. The fourth-order valence-electron chi connectivity index (χ4n) is 5.32. The summed E-state index contributed by atoms with van der Waals surface area (Å²) < 4.78 is 5.42. The average molecular weight is 282 g/mol. The van der Waals surface area contributed by atoms with Crippen molar-refractivity contribution in [1.82, 2.24) is 9.88 Å². The van der Waals surface area contributed by atoms with Crippen molar-refractivity contribution in [1.29, 1.82) is 0 Å². The molecule has 110 valence electrons. The van der Waals surface area contributed by atoms with Crippen molar-refractivity contribution in [2.75, 3.05) is 20.2 Å². The lowest BCUT2D eigenvalue weighted by Crippen LogP contribution is -2.37. The average Bonchev–Trinajstić information content (AvgIpc) is 3.10. The summed E-state index contributed by atoms with van der Waals surface area (Å²) in [6.45, 7) is 5.01. The first-order chi connectivity index (χ1) is 10.3. The summed E-state index contributed by atoms with van der Waals surface area (Å²) in [4.78, 5) is 6.51.